The molecule has 15 N–H and O–H groups in total. The second-order valence-electron chi connectivity index (χ2n) is 23.4. The van der Waals surface area contributed by atoms with E-state index in [-0.39, 0.29) is 76.7 Å². The Balaban J connectivity index is 0.000000214. The van der Waals surface area contributed by atoms with Gasteiger partial charge in [0.05, 0.1) is 73.0 Å². The van der Waals surface area contributed by atoms with Crippen molar-refractivity contribution < 1.29 is 119 Å². The fourth-order valence-electron chi connectivity index (χ4n) is 10.6. The van der Waals surface area contributed by atoms with Crippen molar-refractivity contribution in [2.45, 2.75) is 89.6 Å². The normalized spacial score (nSPS) is 20.2. The van der Waals surface area contributed by atoms with Crippen molar-refractivity contribution in [1.82, 2.24) is 0 Å². The Morgan fingerprint density at radius 2 is 0.907 bits per heavy atom. The maximum Gasteiger partial charge on any atom is 0.184 e. The zero-order valence-corrected chi connectivity index (χ0v) is 57.7. The van der Waals surface area contributed by atoms with E-state index in [2.05, 4.69) is 61.0 Å². The van der Waals surface area contributed by atoms with Crippen LogP contribution in [0.1, 0.15) is 14.9 Å². The van der Waals surface area contributed by atoms with Gasteiger partial charge in [-0.3, -0.25) is 0 Å². The molecule has 3 fully saturated rings. The third kappa shape index (κ3) is 18.3. The molecule has 9 atom stereocenters. The molecule has 107 heavy (non-hydrogen) atoms. The predicted octanol–water partition coefficient (Wildman–Crippen LogP) is 10.4. The molecule has 13 rings (SSSR count). The number of phenols is 2. The molecule has 0 aliphatic carbocycles. The number of nitrogens with one attached hydrogen (secondary N) is 1. The number of benzene rings is 10. The highest BCUT2D eigenvalue weighted by Gasteiger charge is 2.43. The molecule has 10 aromatic rings. The highest BCUT2D eigenvalue weighted by Crippen LogP contribution is 2.68. The van der Waals surface area contributed by atoms with E-state index >= 15 is 0 Å². The van der Waals surface area contributed by atoms with Crippen LogP contribution in [0.3, 0.4) is 0 Å². The smallest absolute Gasteiger partial charge is 0.184 e. The van der Waals surface area contributed by atoms with E-state index in [1.54, 1.807) is 110 Å². The van der Waals surface area contributed by atoms with E-state index in [1.165, 1.54) is 36.4 Å². The number of ether oxygens (including phenoxy) is 1. The van der Waals surface area contributed by atoms with Gasteiger partial charge in [0.1, 0.15) is 63.0 Å². The molecule has 0 radical (unpaired) electrons. The SMILES string of the molecule is C.C.CS1(c2cc3ccc(N)cc3c(O)c2N=Nc2ccc(N=Nc3ccccc3)c3ccc(S(=O)(=O)[O-])cc23)OOO1.CS1(c2cc3ccc(NCC(O)C(O)C(O)C(O)CO)cc3c(O)c2N=Nc2ccc(N=Nc3ccccc3)c3ccc(S(=O)(=O)[O-])cc23)OOO1.OCC1OC(O)C(O)C(O)C1O. The maximum atomic E-state index is 12.0. The van der Waals surface area contributed by atoms with Crippen molar-refractivity contribution in [3.05, 3.63) is 170 Å². The van der Waals surface area contributed by atoms with Gasteiger partial charge in [-0.15, -0.1) is 30.7 Å². The Morgan fingerprint density at radius 1 is 0.486 bits per heavy atom. The van der Waals surface area contributed by atoms with Gasteiger partial charge < -0.3 is 86.2 Å². The quantitative estimate of drug-likeness (QED) is 0.0146. The van der Waals surface area contributed by atoms with Crippen LogP contribution in [0.2, 0.25) is 0 Å². The molecule has 0 aromatic heterocycles. The van der Waals surface area contributed by atoms with Crippen molar-refractivity contribution in [1.29, 1.82) is 0 Å². The third-order valence-corrected chi connectivity index (χ3v) is 21.4. The molecule has 0 bridgehead atoms. The Labute approximate surface area is 612 Å². The van der Waals surface area contributed by atoms with Crippen molar-refractivity contribution in [2.75, 3.05) is 43.3 Å². The number of nitrogens with zero attached hydrogens (tertiary/aromatic N) is 8. The zero-order chi connectivity index (χ0) is 75.3. The fourth-order valence-corrected chi connectivity index (χ4v) is 14.0. The number of aliphatic hydroxyl groups is 10. The maximum absolute atomic E-state index is 12.0. The number of nitrogens with two attached hydrogens (primary N) is 1. The second-order valence-corrected chi connectivity index (χ2v) is 30.7. The lowest BCUT2D eigenvalue weighted by Gasteiger charge is -2.41. The molecule has 3 aliphatic rings. The lowest BCUT2D eigenvalue weighted by atomic mass is 10.00. The van der Waals surface area contributed by atoms with Crippen molar-refractivity contribution in [2.24, 2.45) is 40.9 Å². The van der Waals surface area contributed by atoms with Crippen LogP contribution in [0.15, 0.2) is 230 Å². The monoisotopic (exact) mass is 1560 g/mol. The van der Waals surface area contributed by atoms with Gasteiger partial charge in [-0.2, -0.15) is 10.2 Å². The molecular formula is C68H72N10O25S4-2. The summed E-state index contributed by atoms with van der Waals surface area (Å²) in [6.07, 6.45) is -10.6. The molecule has 10 aromatic carbocycles. The first-order chi connectivity index (χ1) is 50.0. The molecule has 570 valence electrons. The van der Waals surface area contributed by atoms with Gasteiger partial charge in [0.25, 0.3) is 0 Å². The van der Waals surface area contributed by atoms with Crippen LogP contribution >= 0.6 is 21.2 Å². The number of aromatic hydroxyl groups is 2. The predicted molar refractivity (Wildman–Crippen MR) is 388 cm³/mol. The van der Waals surface area contributed by atoms with Gasteiger partial charge in [0.2, 0.25) is 0 Å². The van der Waals surface area contributed by atoms with Crippen LogP contribution in [0.5, 0.6) is 11.5 Å². The van der Waals surface area contributed by atoms with E-state index < -0.39 is 120 Å². The Bertz CT molecular complexity index is 5220. The number of hydrogen-bond acceptors (Lipinski definition) is 35. The molecule has 0 amide bonds. The lowest BCUT2D eigenvalue weighted by molar-refractivity contribution is -0.470. The first-order valence-corrected chi connectivity index (χ1v) is 37.5. The molecule has 3 saturated heterocycles. The summed E-state index contributed by atoms with van der Waals surface area (Å²) in [6.45, 7) is -1.63. The number of anilines is 2. The van der Waals surface area contributed by atoms with Crippen LogP contribution in [0.25, 0.3) is 43.1 Å². The number of aliphatic hydroxyl groups excluding tert-OH is 10. The number of nitrogen functional groups attached to an aromatic ring is 1. The topological polar surface area (TPSA) is 559 Å². The number of fused-ring (bicyclic) bond motifs is 4. The molecular weight excluding hydrogens is 1490 g/mol. The summed E-state index contributed by atoms with van der Waals surface area (Å²) in [5.41, 5.74) is 8.96. The minimum atomic E-state index is -4.86. The molecule has 3 aliphatic heterocycles. The van der Waals surface area contributed by atoms with E-state index in [4.69, 9.17) is 53.7 Å². The van der Waals surface area contributed by atoms with E-state index in [9.17, 15) is 56.6 Å². The van der Waals surface area contributed by atoms with Gasteiger partial charge in [-0.25, -0.2) is 16.8 Å². The van der Waals surface area contributed by atoms with Crippen molar-refractivity contribution >= 4 is 141 Å². The summed E-state index contributed by atoms with van der Waals surface area (Å²) in [6, 6.07) is 45.0. The molecule has 0 spiro atoms. The molecule has 3 heterocycles. The second kappa shape index (κ2) is 34.3. The molecule has 39 heteroatoms. The lowest BCUT2D eigenvalue weighted by Crippen LogP contribution is -2.58. The average Bonchev–Trinajstić information content (AvgIpc) is 0.752. The highest BCUT2D eigenvalue weighted by atomic mass is 32.3. The van der Waals surface area contributed by atoms with Crippen LogP contribution in [0.4, 0.5) is 56.9 Å². The van der Waals surface area contributed by atoms with Gasteiger partial charge in [-0.05, 0) is 130 Å². The van der Waals surface area contributed by atoms with E-state index in [0.717, 1.165) is 12.1 Å². The summed E-state index contributed by atoms with van der Waals surface area (Å²) < 4.78 is 96.9. The summed E-state index contributed by atoms with van der Waals surface area (Å²) in [5.74, 6) is -0.586. The first-order valence-electron chi connectivity index (χ1n) is 30.9. The minimum Gasteiger partial charge on any atom is -0.744 e. The van der Waals surface area contributed by atoms with E-state index in [1.807, 2.05) is 24.3 Å². The standard InChI is InChI=1S/C33H33N5O12S2.C27H21N5O7S2.C6H12O6.2CH4/c1-51(49-48-50-51)29-13-18-7-8-20(34-16-27(40)32(43)33(44)28(41)17-39)14-23(18)31(42)30(29)38-37-26-12-11-25(36-35-19-5-3-2-4-6-19)22-10-9-21(15-24(22)26)52(45,46)47;1-40(38-37-39-40)25-13-16-7-8-17(28)14-21(16)27(33)26(25)32-31-24-12-11-23(30-29-18-5-3-2-4-6-18)20-10-9-19(15-22(20)24)41(34,35)36;7-1-2-3(8)4(9)5(10)6(11)12-2;;/h2-15,27-28,32-34,39-44H,16-17H2,1H3,(H,45,46,47);2-15,33H,28H2,1H3,(H,34,35,36);2-11H,1H2;2*1H4/p-2. The largest absolute Gasteiger partial charge is 0.744 e. The van der Waals surface area contributed by atoms with Crippen LogP contribution < -0.4 is 11.1 Å². The van der Waals surface area contributed by atoms with Gasteiger partial charge in [0, 0.05) is 62.7 Å². The summed E-state index contributed by atoms with van der Waals surface area (Å²) in [5, 5.41) is 166. The molecule has 35 nitrogen and oxygen atoms in total. The number of hydrogen-bond donors (Lipinski definition) is 14. The van der Waals surface area contributed by atoms with Crippen LogP contribution in [0, 0.1) is 0 Å². The van der Waals surface area contributed by atoms with E-state index in [0.29, 0.717) is 66.0 Å². The summed E-state index contributed by atoms with van der Waals surface area (Å²) >= 11 is 0. The number of azo groups is 4. The van der Waals surface area contributed by atoms with Gasteiger partial charge in [-0.1, -0.05) is 114 Å². The Kier molecular flexibility index (Phi) is 26.2. The van der Waals surface area contributed by atoms with Gasteiger partial charge >= 0.3 is 0 Å². The minimum absolute atomic E-state index is 0. The number of rotatable bonds is 20. The Hall–Kier alpha value is -9.32. The third-order valence-electron chi connectivity index (χ3n) is 16.3. The van der Waals surface area contributed by atoms with Crippen molar-refractivity contribution in [3.8, 4) is 11.5 Å². The summed E-state index contributed by atoms with van der Waals surface area (Å²) in [4.78, 5) is -0.287. The zero-order valence-electron chi connectivity index (χ0n) is 54.4. The summed E-state index contributed by atoms with van der Waals surface area (Å²) in [7, 11) is -14.6. The molecule has 9 unspecified atom stereocenters. The van der Waals surface area contributed by atoms with Crippen LogP contribution in [-0.2, 0) is 52.4 Å². The van der Waals surface area contributed by atoms with Crippen LogP contribution in [-0.4, -0.2) is 175 Å². The first kappa shape index (κ1) is 81.8. The van der Waals surface area contributed by atoms with Crippen molar-refractivity contribution in [3.63, 3.8) is 0 Å². The average molecular weight is 1560 g/mol. The fraction of sp³-hybridized carbons (Fsp3) is 0.235. The molecule has 0 saturated carbocycles. The Morgan fingerprint density at radius 3 is 1.33 bits per heavy atom. The highest BCUT2D eigenvalue weighted by molar-refractivity contribution is 8.26. The van der Waals surface area contributed by atoms with Gasteiger partial charge in [0.15, 0.2) is 29.2 Å². The number of phenolic OH excluding ortho intramolecular Hbond substituents is 2.